The predicted octanol–water partition coefficient (Wildman–Crippen LogP) is 0.729. The molecule has 1 aromatic carbocycles. The largest absolute Gasteiger partial charge is 0.494 e. The minimum atomic E-state index is -4.23. The summed E-state index contributed by atoms with van der Waals surface area (Å²) in [5.74, 6) is 0.483. The number of methoxy groups -OCH3 is 1. The average Bonchev–Trinajstić information content (AvgIpc) is 2.53. The zero-order valence-corrected chi connectivity index (χ0v) is 14.1. The highest BCUT2D eigenvalue weighted by atomic mass is 32.2. The van der Waals surface area contributed by atoms with Gasteiger partial charge >= 0.3 is 5.69 Å². The molecule has 0 fully saturated rings. The van der Waals surface area contributed by atoms with Crippen LogP contribution in [0.2, 0.25) is 0 Å². The van der Waals surface area contributed by atoms with Gasteiger partial charge in [0.25, 0.3) is 15.6 Å². The maximum Gasteiger partial charge on any atom is 0.325 e. The zero-order valence-electron chi connectivity index (χ0n) is 13.3. The maximum atomic E-state index is 12.6. The lowest BCUT2D eigenvalue weighted by molar-refractivity contribution is 0.419. The number of nitrogens with one attached hydrogen (secondary N) is 3. The molecule has 9 nitrogen and oxygen atoms in total. The van der Waals surface area contributed by atoms with Crippen LogP contribution in [0, 0.1) is 6.92 Å². The molecule has 0 amide bonds. The summed E-state index contributed by atoms with van der Waals surface area (Å²) in [6.07, 6.45) is 1.56. The molecule has 0 atom stereocenters. The molecular formula is C15H14N4O5S. The highest BCUT2D eigenvalue weighted by molar-refractivity contribution is 7.92. The van der Waals surface area contributed by atoms with E-state index in [0.717, 1.165) is 0 Å². The number of nitrogens with zero attached hydrogens (tertiary/aromatic N) is 1. The molecule has 3 rings (SSSR count). The molecule has 130 valence electrons. The van der Waals surface area contributed by atoms with Gasteiger partial charge in [-0.25, -0.2) is 13.2 Å². The molecule has 0 aliphatic rings. The van der Waals surface area contributed by atoms with Crippen molar-refractivity contribution in [2.45, 2.75) is 11.8 Å². The quantitative estimate of drug-likeness (QED) is 0.626. The van der Waals surface area contributed by atoms with Gasteiger partial charge in [-0.2, -0.15) is 0 Å². The SMILES string of the molecule is COc1ccc(NS(=O)(=O)c2c(C)[nH]c(=O)[nH]c2=O)c2cccnc12. The van der Waals surface area contributed by atoms with Crippen molar-refractivity contribution in [1.29, 1.82) is 0 Å². The molecule has 0 saturated heterocycles. The van der Waals surface area contributed by atoms with Crippen molar-refractivity contribution in [3.05, 3.63) is 57.0 Å². The second-order valence-corrected chi connectivity index (χ2v) is 6.80. The van der Waals surface area contributed by atoms with E-state index in [9.17, 15) is 18.0 Å². The van der Waals surface area contributed by atoms with Crippen molar-refractivity contribution in [2.24, 2.45) is 0 Å². The lowest BCUT2D eigenvalue weighted by Gasteiger charge is -2.12. The summed E-state index contributed by atoms with van der Waals surface area (Å²) in [6, 6.07) is 6.40. The highest BCUT2D eigenvalue weighted by Gasteiger charge is 2.23. The molecule has 0 radical (unpaired) electrons. The molecule has 0 saturated carbocycles. The summed E-state index contributed by atoms with van der Waals surface area (Å²) in [6.45, 7) is 1.33. The molecule has 2 aromatic heterocycles. The molecule has 25 heavy (non-hydrogen) atoms. The topological polar surface area (TPSA) is 134 Å². The summed E-state index contributed by atoms with van der Waals surface area (Å²) in [5.41, 5.74) is -1.13. The molecule has 0 unspecified atom stereocenters. The number of ether oxygens (including phenoxy) is 1. The van der Waals surface area contributed by atoms with Crippen LogP contribution in [0.4, 0.5) is 5.69 Å². The first-order valence-corrected chi connectivity index (χ1v) is 8.59. The van der Waals surface area contributed by atoms with Crippen molar-refractivity contribution in [2.75, 3.05) is 11.8 Å². The van der Waals surface area contributed by atoms with Crippen LogP contribution in [0.1, 0.15) is 5.69 Å². The van der Waals surface area contributed by atoms with Crippen LogP contribution in [0.25, 0.3) is 10.9 Å². The predicted molar refractivity (Wildman–Crippen MR) is 91.5 cm³/mol. The van der Waals surface area contributed by atoms with Gasteiger partial charge in [0.2, 0.25) is 0 Å². The van der Waals surface area contributed by atoms with Gasteiger partial charge in [-0.1, -0.05) is 0 Å². The fraction of sp³-hybridized carbons (Fsp3) is 0.133. The van der Waals surface area contributed by atoms with Crippen LogP contribution in [0.15, 0.2) is 44.9 Å². The number of H-pyrrole nitrogens is 2. The van der Waals surface area contributed by atoms with E-state index in [1.165, 1.54) is 20.1 Å². The van der Waals surface area contributed by atoms with Crippen molar-refractivity contribution in [3.8, 4) is 5.75 Å². The van der Waals surface area contributed by atoms with Crippen LogP contribution in [-0.2, 0) is 10.0 Å². The van der Waals surface area contributed by atoms with E-state index in [2.05, 4.69) is 14.7 Å². The Morgan fingerprint density at radius 3 is 2.60 bits per heavy atom. The third-order valence-electron chi connectivity index (χ3n) is 3.54. The van der Waals surface area contributed by atoms with Crippen molar-refractivity contribution in [1.82, 2.24) is 15.0 Å². The van der Waals surface area contributed by atoms with Gasteiger partial charge in [-0.3, -0.25) is 19.5 Å². The summed E-state index contributed by atoms with van der Waals surface area (Å²) < 4.78 is 32.9. The molecule has 3 N–H and O–H groups in total. The van der Waals surface area contributed by atoms with Gasteiger partial charge in [-0.05, 0) is 31.2 Å². The first-order valence-electron chi connectivity index (χ1n) is 7.11. The third-order valence-corrected chi connectivity index (χ3v) is 5.06. The van der Waals surface area contributed by atoms with Gasteiger partial charge in [0.15, 0.2) is 4.90 Å². The van der Waals surface area contributed by atoms with E-state index in [1.54, 1.807) is 24.4 Å². The number of hydrogen-bond donors (Lipinski definition) is 3. The summed E-state index contributed by atoms with van der Waals surface area (Å²) >= 11 is 0. The second-order valence-electron chi connectivity index (χ2n) is 5.18. The number of pyridine rings is 1. The lowest BCUT2D eigenvalue weighted by atomic mass is 10.2. The van der Waals surface area contributed by atoms with Crippen LogP contribution in [-0.4, -0.2) is 30.5 Å². The smallest absolute Gasteiger partial charge is 0.325 e. The summed E-state index contributed by atoms with van der Waals surface area (Å²) in [5, 5.41) is 0.504. The van der Waals surface area contributed by atoms with E-state index in [4.69, 9.17) is 4.74 Å². The lowest BCUT2D eigenvalue weighted by Crippen LogP contribution is -2.31. The molecule has 2 heterocycles. The standard InChI is InChI=1S/C15H14N4O5S/c1-8-13(14(20)18-15(21)17-8)25(22,23)19-10-5-6-11(24-2)12-9(10)4-3-7-16-12/h3-7,19H,1-2H3,(H2,17,18,20,21). The van der Waals surface area contributed by atoms with E-state index < -0.39 is 26.2 Å². The normalized spacial score (nSPS) is 11.4. The molecule has 3 aromatic rings. The van der Waals surface area contributed by atoms with Crippen LogP contribution in [0.5, 0.6) is 5.75 Å². The van der Waals surface area contributed by atoms with Crippen LogP contribution >= 0.6 is 0 Å². The Bertz CT molecular complexity index is 1180. The highest BCUT2D eigenvalue weighted by Crippen LogP contribution is 2.30. The molecule has 0 aliphatic heterocycles. The molecule has 0 bridgehead atoms. The minimum absolute atomic E-state index is 0.0582. The third kappa shape index (κ3) is 2.98. The van der Waals surface area contributed by atoms with Gasteiger partial charge in [0, 0.05) is 17.3 Å². The number of rotatable bonds is 4. The molecule has 0 spiro atoms. The number of aromatic amines is 2. The number of aromatic nitrogens is 3. The Hall–Kier alpha value is -3.14. The van der Waals surface area contributed by atoms with Crippen molar-refractivity contribution in [3.63, 3.8) is 0 Å². The first kappa shape index (κ1) is 16.7. The first-order chi connectivity index (χ1) is 11.8. The van der Waals surface area contributed by atoms with Gasteiger partial charge in [0.05, 0.1) is 12.8 Å². The van der Waals surface area contributed by atoms with Crippen LogP contribution in [0.3, 0.4) is 0 Å². The Balaban J connectivity index is 2.16. The minimum Gasteiger partial charge on any atom is -0.494 e. The maximum absolute atomic E-state index is 12.6. The number of benzene rings is 1. The number of anilines is 1. The fourth-order valence-electron chi connectivity index (χ4n) is 2.51. The number of aryl methyl sites for hydroxylation is 1. The van der Waals surface area contributed by atoms with Gasteiger partial charge in [-0.15, -0.1) is 0 Å². The Labute approximate surface area is 141 Å². The number of fused-ring (bicyclic) bond motifs is 1. The number of hydrogen-bond acceptors (Lipinski definition) is 6. The van der Waals surface area contributed by atoms with E-state index in [0.29, 0.717) is 16.7 Å². The Morgan fingerprint density at radius 1 is 1.16 bits per heavy atom. The van der Waals surface area contributed by atoms with Crippen molar-refractivity contribution < 1.29 is 13.2 Å². The average molecular weight is 362 g/mol. The van der Waals surface area contributed by atoms with Crippen LogP contribution < -0.4 is 20.7 Å². The van der Waals surface area contributed by atoms with E-state index in [1.807, 2.05) is 4.98 Å². The zero-order chi connectivity index (χ0) is 18.2. The fourth-order valence-corrected chi connectivity index (χ4v) is 3.83. The van der Waals surface area contributed by atoms with Gasteiger partial charge < -0.3 is 9.72 Å². The van der Waals surface area contributed by atoms with E-state index >= 15 is 0 Å². The molecule has 0 aliphatic carbocycles. The van der Waals surface area contributed by atoms with E-state index in [-0.39, 0.29) is 11.4 Å². The number of sulfonamides is 1. The summed E-state index contributed by atoms with van der Waals surface area (Å²) in [4.78, 5) is 31.0. The molecular weight excluding hydrogens is 348 g/mol. The Kier molecular flexibility index (Phi) is 4.05. The monoisotopic (exact) mass is 362 g/mol. The molecule has 10 heteroatoms. The van der Waals surface area contributed by atoms with Crippen molar-refractivity contribution >= 4 is 26.6 Å². The van der Waals surface area contributed by atoms with Gasteiger partial charge in [0.1, 0.15) is 11.3 Å². The Morgan fingerprint density at radius 2 is 1.92 bits per heavy atom. The second kappa shape index (κ2) is 6.06. The summed E-state index contributed by atoms with van der Waals surface area (Å²) in [7, 11) is -2.75.